The Morgan fingerprint density at radius 1 is 1.00 bits per heavy atom. The average Bonchev–Trinajstić information content (AvgIpc) is 3.34. The van der Waals surface area contributed by atoms with E-state index in [0.29, 0.717) is 23.3 Å². The van der Waals surface area contributed by atoms with Crippen LogP contribution < -0.4 is 9.84 Å². The van der Waals surface area contributed by atoms with Gasteiger partial charge < -0.3 is 19.7 Å². The number of ether oxygens (including phenoxy) is 1. The monoisotopic (exact) mass is 673 g/mol. The number of aliphatic carboxylic acids is 1. The van der Waals surface area contributed by atoms with Crippen LogP contribution in [-0.2, 0) is 20.5 Å². The first-order valence-electron chi connectivity index (χ1n) is 17.8. The number of hydrogen-bond donors (Lipinski definition) is 4. The number of carbonyl (C=O) groups is 2. The van der Waals surface area contributed by atoms with Crippen LogP contribution in [0.2, 0.25) is 0 Å². The summed E-state index contributed by atoms with van der Waals surface area (Å²) in [6, 6.07) is 4.49. The van der Waals surface area contributed by atoms with Gasteiger partial charge in [-0.15, -0.1) is 0 Å². The summed E-state index contributed by atoms with van der Waals surface area (Å²) in [7, 11) is -4.69. The number of hydrogen-bond acceptors (Lipinski definition) is 5. The zero-order valence-corrected chi connectivity index (χ0v) is 29.7. The van der Waals surface area contributed by atoms with Crippen molar-refractivity contribution in [3.05, 3.63) is 41.5 Å². The number of benzene rings is 1. The van der Waals surface area contributed by atoms with Gasteiger partial charge in [-0.3, -0.25) is 9.79 Å². The quantitative estimate of drug-likeness (QED) is 0.128. The molecule has 1 amide bonds. The molecule has 0 heterocycles. The normalized spacial score (nSPS) is 33.1. The molecule has 0 bridgehead atoms. The molecule has 4 aliphatic carbocycles. The standard InChI is InChI=1S/C37H56NO8P/c1-23(2)7-6-8-24(3)30-15-16-31-29-14-11-26-22-28(17-19-36(26,4)32(29)18-20-37(30,31)5)45-35(41)38-33(34(39)40)21-25-9-12-27(13-10-25)46-47(42,43)44/h9-13,23-24,28-33H,6-8,14-22H2,1-5H3,(H,38,41)(H,39,40)(H2,42,43,44)/t24-,28+,29+,30-,31+,32+,33-,36+,37-/m1/s1. The number of fused-ring (bicyclic) bond motifs is 5. The van der Waals surface area contributed by atoms with Crippen molar-refractivity contribution < 1.29 is 38.3 Å². The number of carboxylic acids is 1. The first kappa shape index (κ1) is 35.9. The van der Waals surface area contributed by atoms with E-state index in [4.69, 9.17) is 14.5 Å². The Kier molecular flexibility index (Phi) is 10.9. The second-order valence-electron chi connectivity index (χ2n) is 16.0. The number of rotatable bonds is 12. The van der Waals surface area contributed by atoms with Crippen LogP contribution in [0.4, 0.5) is 4.79 Å². The van der Waals surface area contributed by atoms with Crippen LogP contribution >= 0.6 is 7.82 Å². The third-order valence-electron chi connectivity index (χ3n) is 12.7. The lowest BCUT2D eigenvalue weighted by Crippen LogP contribution is -2.51. The molecule has 0 spiro atoms. The van der Waals surface area contributed by atoms with Crippen LogP contribution in [0.5, 0.6) is 5.75 Å². The lowest BCUT2D eigenvalue weighted by molar-refractivity contribution is -0.139. The molecule has 5 rings (SSSR count). The highest BCUT2D eigenvalue weighted by Gasteiger charge is 2.59. The maximum absolute atomic E-state index is 12.9. The number of carboxylic acid groups (broad SMARTS) is 1. The summed E-state index contributed by atoms with van der Waals surface area (Å²) >= 11 is 0. The average molecular weight is 674 g/mol. The number of phosphoric acid groups is 1. The van der Waals surface area contributed by atoms with Gasteiger partial charge in [0.2, 0.25) is 0 Å². The van der Waals surface area contributed by atoms with Gasteiger partial charge in [0, 0.05) is 12.8 Å². The van der Waals surface area contributed by atoms with E-state index in [9.17, 15) is 19.3 Å². The Balaban J connectivity index is 1.17. The van der Waals surface area contributed by atoms with Crippen LogP contribution in [0.3, 0.4) is 0 Å². The van der Waals surface area contributed by atoms with Crippen LogP contribution in [0.15, 0.2) is 35.9 Å². The molecule has 262 valence electrons. The maximum Gasteiger partial charge on any atom is 0.524 e. The minimum absolute atomic E-state index is 0.0186. The number of amides is 1. The molecule has 47 heavy (non-hydrogen) atoms. The first-order valence-corrected chi connectivity index (χ1v) is 19.4. The van der Waals surface area contributed by atoms with E-state index in [1.54, 1.807) is 0 Å². The van der Waals surface area contributed by atoms with Crippen LogP contribution in [0.25, 0.3) is 0 Å². The Labute approximate surface area is 280 Å². The van der Waals surface area contributed by atoms with Gasteiger partial charge in [-0.1, -0.05) is 77.7 Å². The van der Waals surface area contributed by atoms with Gasteiger partial charge in [-0.25, -0.2) is 14.2 Å². The summed E-state index contributed by atoms with van der Waals surface area (Å²) in [5.74, 6) is 3.35. The number of alkyl carbamates (subject to hydrolysis) is 1. The highest BCUT2D eigenvalue weighted by molar-refractivity contribution is 7.46. The van der Waals surface area contributed by atoms with E-state index in [2.05, 4.69) is 50.5 Å². The lowest BCUT2D eigenvalue weighted by atomic mass is 9.47. The third kappa shape index (κ3) is 8.11. The molecule has 3 saturated carbocycles. The highest BCUT2D eigenvalue weighted by Crippen LogP contribution is 2.67. The summed E-state index contributed by atoms with van der Waals surface area (Å²) < 4.78 is 21.4. The number of phosphoric ester groups is 1. The largest absolute Gasteiger partial charge is 0.524 e. The highest BCUT2D eigenvalue weighted by atomic mass is 31.2. The molecule has 0 saturated heterocycles. The van der Waals surface area contributed by atoms with E-state index in [1.165, 1.54) is 74.8 Å². The zero-order valence-electron chi connectivity index (χ0n) is 28.8. The lowest BCUT2D eigenvalue weighted by Gasteiger charge is -2.58. The summed E-state index contributed by atoms with van der Waals surface area (Å²) in [6.07, 6.45) is 14.3. The molecule has 3 fully saturated rings. The third-order valence-corrected chi connectivity index (χ3v) is 13.2. The summed E-state index contributed by atoms with van der Waals surface area (Å²) in [5.41, 5.74) is 2.54. The van der Waals surface area contributed by atoms with Gasteiger partial charge in [-0.2, -0.15) is 0 Å². The van der Waals surface area contributed by atoms with E-state index in [-0.39, 0.29) is 23.7 Å². The van der Waals surface area contributed by atoms with Gasteiger partial charge in [0.05, 0.1) is 0 Å². The number of carbonyl (C=O) groups excluding carboxylic acids is 1. The molecule has 10 heteroatoms. The molecule has 0 unspecified atom stereocenters. The van der Waals surface area contributed by atoms with Gasteiger partial charge >= 0.3 is 19.9 Å². The Morgan fingerprint density at radius 2 is 1.72 bits per heavy atom. The molecule has 0 radical (unpaired) electrons. The van der Waals surface area contributed by atoms with Crippen molar-refractivity contribution in [1.82, 2.24) is 5.32 Å². The number of allylic oxidation sites excluding steroid dienone is 1. The van der Waals surface area contributed by atoms with Gasteiger partial charge in [0.25, 0.3) is 0 Å². The molecule has 4 N–H and O–H groups in total. The van der Waals surface area contributed by atoms with Crippen LogP contribution in [-0.4, -0.2) is 39.1 Å². The Bertz CT molecular complexity index is 1360. The second-order valence-corrected chi connectivity index (χ2v) is 17.2. The van der Waals surface area contributed by atoms with Crippen molar-refractivity contribution in [1.29, 1.82) is 0 Å². The van der Waals surface area contributed by atoms with Crippen molar-refractivity contribution in [3.63, 3.8) is 0 Å². The second kappa shape index (κ2) is 14.2. The van der Waals surface area contributed by atoms with E-state index >= 15 is 0 Å². The fourth-order valence-electron chi connectivity index (χ4n) is 10.3. The minimum Gasteiger partial charge on any atom is -0.480 e. The predicted molar refractivity (Wildman–Crippen MR) is 181 cm³/mol. The van der Waals surface area contributed by atoms with Gasteiger partial charge in [0.15, 0.2) is 0 Å². The van der Waals surface area contributed by atoms with Crippen molar-refractivity contribution in [2.45, 2.75) is 124 Å². The van der Waals surface area contributed by atoms with E-state index in [0.717, 1.165) is 48.9 Å². The topological polar surface area (TPSA) is 142 Å². The van der Waals surface area contributed by atoms with Crippen molar-refractivity contribution >= 4 is 19.9 Å². The molecule has 0 aromatic heterocycles. The van der Waals surface area contributed by atoms with Crippen LogP contribution in [0, 0.1) is 46.3 Å². The molecular formula is C37H56NO8P. The minimum atomic E-state index is -4.69. The van der Waals surface area contributed by atoms with Crippen molar-refractivity contribution in [3.8, 4) is 5.75 Å². The van der Waals surface area contributed by atoms with Gasteiger partial charge in [-0.05, 0) is 109 Å². The van der Waals surface area contributed by atoms with Crippen molar-refractivity contribution in [2.75, 3.05) is 0 Å². The predicted octanol–water partition coefficient (Wildman–Crippen LogP) is 8.29. The summed E-state index contributed by atoms with van der Waals surface area (Å²) in [5, 5.41) is 12.3. The zero-order chi connectivity index (χ0) is 34.1. The van der Waals surface area contributed by atoms with E-state index < -0.39 is 25.9 Å². The molecular weight excluding hydrogens is 617 g/mol. The molecule has 9 atom stereocenters. The van der Waals surface area contributed by atoms with Gasteiger partial charge in [0.1, 0.15) is 17.9 Å². The molecule has 9 nitrogen and oxygen atoms in total. The molecule has 0 aliphatic heterocycles. The maximum atomic E-state index is 12.9. The fourth-order valence-corrected chi connectivity index (χ4v) is 10.7. The number of nitrogens with one attached hydrogen (secondary N) is 1. The van der Waals surface area contributed by atoms with E-state index in [1.807, 2.05) is 0 Å². The van der Waals surface area contributed by atoms with Crippen LogP contribution in [0.1, 0.15) is 111 Å². The Hall–Kier alpha value is -2.35. The summed E-state index contributed by atoms with van der Waals surface area (Å²) in [4.78, 5) is 42.8. The fraction of sp³-hybridized carbons (Fsp3) is 0.730. The Morgan fingerprint density at radius 3 is 2.38 bits per heavy atom. The van der Waals surface area contributed by atoms with Crippen molar-refractivity contribution in [2.24, 2.45) is 46.3 Å². The smallest absolute Gasteiger partial charge is 0.480 e. The summed E-state index contributed by atoms with van der Waals surface area (Å²) in [6.45, 7) is 12.3. The molecule has 1 aromatic rings. The molecule has 1 aromatic carbocycles. The SMILES string of the molecule is CC(C)CCC[C@@H](C)[C@H]1CC[C@H]2[C@@H]3CC=C4C[C@@H](OC(=O)N[C@H](Cc5ccc(OP(=O)(O)O)cc5)C(=O)O)CC[C@]4(C)[C@H]3CC[C@]12C. The first-order chi connectivity index (χ1) is 22.1. The molecule has 4 aliphatic rings.